The van der Waals surface area contributed by atoms with Crippen LogP contribution in [0.25, 0.3) is 0 Å². The lowest BCUT2D eigenvalue weighted by Gasteiger charge is -2.49. The first kappa shape index (κ1) is 52.8. The van der Waals surface area contributed by atoms with Crippen molar-refractivity contribution >= 4 is 18.2 Å². The van der Waals surface area contributed by atoms with Gasteiger partial charge in [0.25, 0.3) is 0 Å². The molecule has 0 bridgehead atoms. The lowest BCUT2D eigenvalue weighted by Crippen LogP contribution is -2.61. The minimum atomic E-state index is -1.60. The number of carbonyl (C=O) groups is 3. The summed E-state index contributed by atoms with van der Waals surface area (Å²) in [7, 11) is 7.20. The number of likely N-dealkylation sites (N-methyl/N-ethyl adjacent to an activating group) is 2. The predicted molar refractivity (Wildman–Crippen MR) is 238 cm³/mol. The van der Waals surface area contributed by atoms with Crippen molar-refractivity contribution in [2.45, 2.75) is 192 Å². The van der Waals surface area contributed by atoms with Crippen LogP contribution in [0.2, 0.25) is 0 Å². The number of fused-ring (bicyclic) bond motifs is 1. The average Bonchev–Trinajstić information content (AvgIpc) is 3.55. The Balaban J connectivity index is 1.50. The third kappa shape index (κ3) is 12.3. The molecule has 1 aromatic rings. The van der Waals surface area contributed by atoms with E-state index in [1.807, 2.05) is 95.9 Å². The maximum Gasteiger partial charge on any atom is 0.509 e. The molecular formula is C47H78N4O14. The molecule has 4 heterocycles. The molecule has 4 N–H and O–H groups in total. The lowest BCUT2D eigenvalue weighted by atomic mass is 9.77. The van der Waals surface area contributed by atoms with Gasteiger partial charge < -0.3 is 57.7 Å². The lowest BCUT2D eigenvalue weighted by molar-refractivity contribution is -0.317. The van der Waals surface area contributed by atoms with Crippen LogP contribution < -0.4 is 10.9 Å². The zero-order valence-electron chi connectivity index (χ0n) is 41.0. The number of aliphatic hydroxyl groups excluding tert-OH is 1. The van der Waals surface area contributed by atoms with Gasteiger partial charge in [0.15, 0.2) is 30.4 Å². The Morgan fingerprint density at radius 3 is 2.28 bits per heavy atom. The Morgan fingerprint density at radius 2 is 1.65 bits per heavy atom. The number of hydrazine groups is 1. The summed E-state index contributed by atoms with van der Waals surface area (Å²) >= 11 is 0. The van der Waals surface area contributed by atoms with Crippen molar-refractivity contribution in [1.29, 1.82) is 0 Å². The number of nitrogens with zero attached hydrogens (tertiary/aromatic N) is 2. The van der Waals surface area contributed by atoms with E-state index in [9.17, 15) is 24.6 Å². The molecule has 4 saturated heterocycles. The zero-order chi connectivity index (χ0) is 48.2. The fraction of sp³-hybridized carbons (Fsp3) is 0.809. The van der Waals surface area contributed by atoms with Gasteiger partial charge >= 0.3 is 18.2 Å². The van der Waals surface area contributed by atoms with Gasteiger partial charge in [0.1, 0.15) is 17.8 Å². The van der Waals surface area contributed by atoms with Gasteiger partial charge in [-0.05, 0) is 100 Å². The highest BCUT2D eigenvalue weighted by Gasteiger charge is 2.58. The number of hydrogen-bond acceptors (Lipinski definition) is 17. The van der Waals surface area contributed by atoms with Gasteiger partial charge in [-0.15, -0.1) is 0 Å². The van der Waals surface area contributed by atoms with Gasteiger partial charge in [0.05, 0.1) is 35.9 Å². The largest absolute Gasteiger partial charge is 0.509 e. The second-order valence-electron chi connectivity index (χ2n) is 19.9. The van der Waals surface area contributed by atoms with Crippen molar-refractivity contribution in [3.05, 3.63) is 35.9 Å². The van der Waals surface area contributed by atoms with Gasteiger partial charge in [-0.2, -0.15) is 0 Å². The van der Waals surface area contributed by atoms with E-state index >= 15 is 0 Å². The average molecular weight is 923 g/mol. The highest BCUT2D eigenvalue weighted by atomic mass is 16.8. The molecule has 4 aliphatic heterocycles. The van der Waals surface area contributed by atoms with Gasteiger partial charge in [0, 0.05) is 44.6 Å². The molecule has 1 amide bonds. The molecule has 65 heavy (non-hydrogen) atoms. The first-order chi connectivity index (χ1) is 30.4. The summed E-state index contributed by atoms with van der Waals surface area (Å²) in [5, 5.41) is 24.5. The highest BCUT2D eigenvalue weighted by Crippen LogP contribution is 2.42. The molecule has 0 aromatic heterocycles. The number of amides is 1. The summed E-state index contributed by atoms with van der Waals surface area (Å²) in [6.45, 7) is 19.0. The van der Waals surface area contributed by atoms with E-state index in [0.717, 1.165) is 5.56 Å². The number of hydrogen-bond donors (Lipinski definition) is 4. The predicted octanol–water partition coefficient (Wildman–Crippen LogP) is 4.52. The number of rotatable bonds is 11. The number of methoxy groups -OCH3 is 1. The van der Waals surface area contributed by atoms with E-state index in [1.165, 1.54) is 7.11 Å². The standard InChI is InChI=1S/C47H78N4O14/c1-15-34-47(10)39(64-44(55)65-47)30(6)51(13)25-26(2)22-45(8,56)38(62-42-36(52)33(50(11)12)21-27(3)58-42)28(4)37(29(5)41(53)60-34)61-35-23-46(9,57-14)40(31(7)59-35)63-43(54)49-48-24-32-19-17-16-18-20-32/h16-20,26-31,33-40,42,48,52,56H,15,21-25H2,1-14H3,(H,49,54)/t26-,27-,28+,29-,30-,31+,33+,34-,35+,36-,37+,38-,39+,40+,42+,45-,46-,47-/m1/s1. The summed E-state index contributed by atoms with van der Waals surface area (Å²) in [6.07, 6.45) is -9.49. The van der Waals surface area contributed by atoms with Gasteiger partial charge in [-0.3, -0.25) is 15.1 Å². The van der Waals surface area contributed by atoms with Crippen LogP contribution >= 0.6 is 0 Å². The maximum absolute atomic E-state index is 14.7. The normalized spacial score (nSPS) is 42.4. The van der Waals surface area contributed by atoms with Crippen LogP contribution in [0.1, 0.15) is 100 Å². The smallest absolute Gasteiger partial charge is 0.458 e. The van der Waals surface area contributed by atoms with Crippen LogP contribution in [0.4, 0.5) is 9.59 Å². The molecule has 18 atom stereocenters. The molecule has 4 fully saturated rings. The van der Waals surface area contributed by atoms with E-state index in [0.29, 0.717) is 25.9 Å². The maximum atomic E-state index is 14.7. The van der Waals surface area contributed by atoms with E-state index < -0.39 is 102 Å². The molecule has 0 saturated carbocycles. The Bertz CT molecular complexity index is 1730. The van der Waals surface area contributed by atoms with Crippen molar-refractivity contribution < 1.29 is 67.2 Å². The Hall–Kier alpha value is -3.17. The van der Waals surface area contributed by atoms with Crippen LogP contribution in [0.15, 0.2) is 30.3 Å². The van der Waals surface area contributed by atoms with Crippen molar-refractivity contribution in [2.75, 3.05) is 34.8 Å². The van der Waals surface area contributed by atoms with Crippen LogP contribution in [0, 0.1) is 17.8 Å². The van der Waals surface area contributed by atoms with Crippen molar-refractivity contribution in [1.82, 2.24) is 20.7 Å². The molecule has 0 spiro atoms. The molecule has 0 radical (unpaired) electrons. The van der Waals surface area contributed by atoms with Crippen molar-refractivity contribution in [2.24, 2.45) is 17.8 Å². The van der Waals surface area contributed by atoms with Gasteiger partial charge in [0.2, 0.25) is 0 Å². The van der Waals surface area contributed by atoms with E-state index in [1.54, 1.807) is 34.6 Å². The molecule has 0 aliphatic carbocycles. The number of aliphatic hydroxyl groups is 2. The van der Waals surface area contributed by atoms with E-state index in [2.05, 4.69) is 10.9 Å². The summed E-state index contributed by atoms with van der Waals surface area (Å²) < 4.78 is 56.5. The SMILES string of the molecule is CC[C@H]1OC(=O)[C@H](C)[C@@H](O[C@H]2C[C@@](C)(OC)[C@@H](OC(=O)NNCc3ccccc3)[C@H](C)O2)[C@H](C)[C@@H](O[C@@H]2O[C@H](C)C[C@H](N(C)C)[C@H]2O)[C@](C)(O)C[C@@H](C)CN(C)[C@H](C)[C@@H]2OC(=O)O[C@]12C. The molecule has 5 rings (SSSR count). The van der Waals surface area contributed by atoms with Crippen molar-refractivity contribution in [3.63, 3.8) is 0 Å². The Morgan fingerprint density at radius 1 is 0.969 bits per heavy atom. The van der Waals surface area contributed by atoms with Crippen LogP contribution in [0.5, 0.6) is 0 Å². The third-order valence-electron chi connectivity index (χ3n) is 14.2. The van der Waals surface area contributed by atoms with E-state index in [4.69, 9.17) is 42.6 Å². The summed E-state index contributed by atoms with van der Waals surface area (Å²) in [4.78, 5) is 44.6. The van der Waals surface area contributed by atoms with Gasteiger partial charge in [-0.1, -0.05) is 51.1 Å². The number of cyclic esters (lactones) is 1. The monoisotopic (exact) mass is 923 g/mol. The molecule has 1 aromatic carbocycles. The number of esters is 1. The minimum absolute atomic E-state index is 0.0640. The molecule has 0 unspecified atom stereocenters. The quantitative estimate of drug-likeness (QED) is 0.137. The fourth-order valence-electron chi connectivity index (χ4n) is 10.5. The second kappa shape index (κ2) is 21.8. The second-order valence-corrected chi connectivity index (χ2v) is 19.9. The molecule has 370 valence electrons. The fourth-order valence-corrected chi connectivity index (χ4v) is 10.5. The minimum Gasteiger partial charge on any atom is -0.458 e. The summed E-state index contributed by atoms with van der Waals surface area (Å²) in [6, 6.07) is 8.89. The van der Waals surface area contributed by atoms with Crippen LogP contribution in [-0.2, 0) is 54.0 Å². The topological polar surface area (TPSA) is 205 Å². The number of carbonyl (C=O) groups excluding carboxylic acids is 3. The third-order valence-corrected chi connectivity index (χ3v) is 14.2. The van der Waals surface area contributed by atoms with Crippen molar-refractivity contribution in [3.8, 4) is 0 Å². The first-order valence-corrected chi connectivity index (χ1v) is 23.2. The molecular weight excluding hydrogens is 845 g/mol. The van der Waals surface area contributed by atoms with Crippen LogP contribution in [0.3, 0.4) is 0 Å². The molecule has 18 heteroatoms. The highest BCUT2D eigenvalue weighted by molar-refractivity contribution is 5.73. The Kier molecular flexibility index (Phi) is 17.7. The number of ether oxygens (including phenoxy) is 9. The zero-order valence-corrected chi connectivity index (χ0v) is 41.0. The number of benzene rings is 1. The summed E-state index contributed by atoms with van der Waals surface area (Å²) in [5.41, 5.74) is 2.36. The first-order valence-electron chi connectivity index (χ1n) is 23.2. The molecule has 18 nitrogen and oxygen atoms in total. The Labute approximate surface area is 385 Å². The number of nitrogens with one attached hydrogen (secondary N) is 2. The molecule has 4 aliphatic rings. The summed E-state index contributed by atoms with van der Waals surface area (Å²) in [5.74, 6) is -2.65. The van der Waals surface area contributed by atoms with E-state index in [-0.39, 0.29) is 36.9 Å². The van der Waals surface area contributed by atoms with Gasteiger partial charge in [-0.25, -0.2) is 15.0 Å². The van der Waals surface area contributed by atoms with Crippen LogP contribution in [-0.4, -0.2) is 163 Å².